The zero-order valence-electron chi connectivity index (χ0n) is 43.8. The fraction of sp³-hybridized carbons (Fsp3) is 0.587. The predicted octanol–water partition coefficient (Wildman–Crippen LogP) is 18.9. The minimum atomic E-state index is -0.616. The highest BCUT2D eigenvalue weighted by Gasteiger charge is 2.17. The summed E-state index contributed by atoms with van der Waals surface area (Å²) in [5.41, 5.74) is 0. The Morgan fingerprint density at radius 1 is 0.338 bits per heavy atom. The Bertz CT molecular complexity index is 1480. The first-order valence-corrected chi connectivity index (χ1v) is 27.4. The molecule has 5 heteroatoms. The van der Waals surface area contributed by atoms with E-state index >= 15 is 0 Å². The molecule has 0 aromatic carbocycles. The van der Waals surface area contributed by atoms with E-state index in [1.807, 2.05) is 12.2 Å². The molecular weight excluding hydrogens is 837 g/mol. The van der Waals surface area contributed by atoms with Gasteiger partial charge in [-0.05, 0) is 96.3 Å². The molecule has 0 aliphatic rings. The third-order valence-electron chi connectivity index (χ3n) is 10.9. The second-order valence-electron chi connectivity index (χ2n) is 17.4. The van der Waals surface area contributed by atoms with Crippen LogP contribution in [0.25, 0.3) is 0 Å². The lowest BCUT2D eigenvalue weighted by molar-refractivity contribution is -0.162. The smallest absolute Gasteiger partial charge is 0.306 e. The summed E-state index contributed by atoms with van der Waals surface area (Å²) in [7, 11) is 0. The lowest BCUT2D eigenvalue weighted by Crippen LogP contribution is -2.30. The summed E-state index contributed by atoms with van der Waals surface area (Å²) in [5, 5.41) is 0. The fourth-order valence-electron chi connectivity index (χ4n) is 6.91. The van der Waals surface area contributed by atoms with Gasteiger partial charge < -0.3 is 14.2 Å². The summed E-state index contributed by atoms with van der Waals surface area (Å²) >= 11 is 0. The van der Waals surface area contributed by atoms with Crippen LogP contribution in [0, 0.1) is 0 Å². The number of hydrogen-bond donors (Lipinski definition) is 0. The molecule has 5 nitrogen and oxygen atoms in total. The molecule has 1 atom stereocenters. The molecule has 0 spiro atoms. The number of unbranched alkanes of at least 4 members (excludes halogenated alkanes) is 13. The summed E-state index contributed by atoms with van der Waals surface area (Å²) < 4.78 is 17.3. The molecule has 0 heterocycles. The van der Waals surface area contributed by atoms with Gasteiger partial charge in [0.15, 0.2) is 6.10 Å². The van der Waals surface area contributed by atoms with E-state index in [2.05, 4.69) is 154 Å². The van der Waals surface area contributed by atoms with Crippen LogP contribution in [-0.2, 0) is 23.8 Å². The van der Waals surface area contributed by atoms with Crippen LogP contribution in [0.1, 0.15) is 213 Å². The highest BCUT2D eigenvalue weighted by atomic mass is 16.6. The van der Waals surface area contributed by atoms with Crippen molar-refractivity contribution in [2.75, 3.05) is 19.8 Å². The minimum Gasteiger partial charge on any atom is -0.462 e. The third-order valence-corrected chi connectivity index (χ3v) is 10.9. The van der Waals surface area contributed by atoms with Crippen molar-refractivity contribution in [1.82, 2.24) is 0 Å². The standard InChI is InChI=1S/C63H100O5/c1-4-7-10-13-16-19-22-25-28-30-32-34-36-38-41-44-47-50-53-56-62(64)67-60-61(59-66-58-55-52-49-46-43-40-27-24-21-18-15-12-9-6-3)68-63(65)57-54-51-48-45-42-39-37-35-33-31-29-26-23-20-17-14-11-8-5-2/h7-8,10-11,16-17,19-20,25-26,28-29,32-35,38-39,41-42,47-48,50-51,61H,4-6,9,12-15,18,21-24,27,30-31,36-37,40,43-46,49,52-60H2,1-3H3/b10-7+,11-8+,19-16+,20-17+,28-25+,29-26+,34-32+,35-33+,41-38+,42-39-,50-47+,51-48+. The van der Waals surface area contributed by atoms with Crippen molar-refractivity contribution in [3.05, 3.63) is 146 Å². The molecule has 0 aliphatic carbocycles. The fourth-order valence-corrected chi connectivity index (χ4v) is 6.91. The van der Waals surface area contributed by atoms with Gasteiger partial charge in [-0.15, -0.1) is 0 Å². The zero-order valence-corrected chi connectivity index (χ0v) is 43.8. The van der Waals surface area contributed by atoms with Crippen LogP contribution in [0.15, 0.2) is 146 Å². The van der Waals surface area contributed by atoms with Crippen molar-refractivity contribution in [3.63, 3.8) is 0 Å². The van der Waals surface area contributed by atoms with Gasteiger partial charge in [-0.1, -0.05) is 250 Å². The molecule has 0 rings (SSSR count). The monoisotopic (exact) mass is 937 g/mol. The molecule has 68 heavy (non-hydrogen) atoms. The predicted molar refractivity (Wildman–Crippen MR) is 297 cm³/mol. The van der Waals surface area contributed by atoms with E-state index in [1.54, 1.807) is 0 Å². The zero-order chi connectivity index (χ0) is 49.2. The van der Waals surface area contributed by atoms with Gasteiger partial charge in [-0.25, -0.2) is 0 Å². The summed E-state index contributed by atoms with van der Waals surface area (Å²) in [6.07, 6.45) is 83.1. The maximum atomic E-state index is 12.8. The van der Waals surface area contributed by atoms with E-state index in [0.29, 0.717) is 19.4 Å². The van der Waals surface area contributed by atoms with Gasteiger partial charge in [0.2, 0.25) is 0 Å². The Kier molecular flexibility index (Phi) is 53.6. The first-order chi connectivity index (χ1) is 33.6. The molecular formula is C63H100O5. The molecule has 0 saturated heterocycles. The quantitative estimate of drug-likeness (QED) is 0.0346. The summed E-state index contributed by atoms with van der Waals surface area (Å²) in [4.78, 5) is 25.4. The second kappa shape index (κ2) is 57.1. The summed E-state index contributed by atoms with van der Waals surface area (Å²) in [6, 6.07) is 0. The van der Waals surface area contributed by atoms with E-state index in [9.17, 15) is 9.59 Å². The van der Waals surface area contributed by atoms with Crippen molar-refractivity contribution in [2.24, 2.45) is 0 Å². The van der Waals surface area contributed by atoms with Crippen LogP contribution in [0.4, 0.5) is 0 Å². The molecule has 1 unspecified atom stereocenters. The molecule has 0 radical (unpaired) electrons. The number of carbonyl (C=O) groups excluding carboxylic acids is 2. The molecule has 0 aromatic heterocycles. The lowest BCUT2D eigenvalue weighted by atomic mass is 10.0. The largest absolute Gasteiger partial charge is 0.462 e. The topological polar surface area (TPSA) is 61.8 Å². The molecule has 382 valence electrons. The molecule has 0 saturated carbocycles. The SMILES string of the molecule is CC/C=C/C/C=C/C/C=C/C/C=C/C/C=C\C/C=C/CCC(=O)OC(COCCCCCCCCCCCCCCCC)COC(=O)CC/C=C/C/C=C/C/C=C/C/C=C/C/C=C/C/C=C/CC. The highest BCUT2D eigenvalue weighted by Crippen LogP contribution is 2.13. The van der Waals surface area contributed by atoms with Crippen LogP contribution in [0.5, 0.6) is 0 Å². The van der Waals surface area contributed by atoms with Gasteiger partial charge in [0, 0.05) is 19.4 Å². The van der Waals surface area contributed by atoms with Gasteiger partial charge in [0.25, 0.3) is 0 Å². The Morgan fingerprint density at radius 3 is 0.971 bits per heavy atom. The van der Waals surface area contributed by atoms with E-state index < -0.39 is 6.10 Å². The van der Waals surface area contributed by atoms with Gasteiger partial charge in [0.1, 0.15) is 6.61 Å². The Labute approximate surface area is 419 Å². The average Bonchev–Trinajstić information content (AvgIpc) is 3.34. The third kappa shape index (κ3) is 54.4. The first kappa shape index (κ1) is 63.8. The number of ether oxygens (including phenoxy) is 3. The van der Waals surface area contributed by atoms with E-state index in [0.717, 1.165) is 89.9 Å². The lowest BCUT2D eigenvalue weighted by Gasteiger charge is -2.18. The van der Waals surface area contributed by atoms with Gasteiger partial charge in [-0.2, -0.15) is 0 Å². The molecule has 0 amide bonds. The number of rotatable bonds is 48. The maximum Gasteiger partial charge on any atom is 0.306 e. The van der Waals surface area contributed by atoms with Crippen molar-refractivity contribution in [3.8, 4) is 0 Å². The second-order valence-corrected chi connectivity index (χ2v) is 17.4. The summed E-state index contributed by atoms with van der Waals surface area (Å²) in [6.45, 7) is 7.43. The minimum absolute atomic E-state index is 0.00692. The van der Waals surface area contributed by atoms with Gasteiger partial charge in [0.05, 0.1) is 6.61 Å². The molecule has 0 bridgehead atoms. The van der Waals surface area contributed by atoms with Gasteiger partial charge >= 0.3 is 11.9 Å². The van der Waals surface area contributed by atoms with Crippen molar-refractivity contribution < 1.29 is 23.8 Å². The maximum absolute atomic E-state index is 12.8. The Morgan fingerprint density at radius 2 is 0.632 bits per heavy atom. The molecule has 0 fully saturated rings. The number of carbonyl (C=O) groups is 2. The number of allylic oxidation sites excluding steroid dienone is 24. The van der Waals surface area contributed by atoms with Crippen molar-refractivity contribution >= 4 is 11.9 Å². The number of esters is 2. The van der Waals surface area contributed by atoms with Crippen LogP contribution in [-0.4, -0.2) is 37.9 Å². The van der Waals surface area contributed by atoms with E-state index in [4.69, 9.17) is 14.2 Å². The van der Waals surface area contributed by atoms with Crippen LogP contribution >= 0.6 is 0 Å². The van der Waals surface area contributed by atoms with Crippen LogP contribution < -0.4 is 0 Å². The Hall–Kier alpha value is -4.22. The van der Waals surface area contributed by atoms with Crippen molar-refractivity contribution in [2.45, 2.75) is 219 Å². The molecule has 0 aromatic rings. The van der Waals surface area contributed by atoms with Crippen LogP contribution in [0.3, 0.4) is 0 Å². The Balaban J connectivity index is 4.53. The van der Waals surface area contributed by atoms with Crippen LogP contribution in [0.2, 0.25) is 0 Å². The van der Waals surface area contributed by atoms with E-state index in [-0.39, 0.29) is 38.0 Å². The highest BCUT2D eigenvalue weighted by molar-refractivity contribution is 5.70. The summed E-state index contributed by atoms with van der Waals surface area (Å²) in [5.74, 6) is -0.598. The molecule has 0 aliphatic heterocycles. The normalized spacial score (nSPS) is 13.4. The average molecular weight is 937 g/mol. The molecule has 0 N–H and O–H groups in total. The van der Waals surface area contributed by atoms with Crippen molar-refractivity contribution in [1.29, 1.82) is 0 Å². The van der Waals surface area contributed by atoms with Gasteiger partial charge in [-0.3, -0.25) is 9.59 Å². The number of hydrogen-bond acceptors (Lipinski definition) is 5. The first-order valence-electron chi connectivity index (χ1n) is 27.4. The van der Waals surface area contributed by atoms with E-state index in [1.165, 1.54) is 77.0 Å².